The Labute approximate surface area is 143 Å². The Balaban J connectivity index is 1.90. The van der Waals surface area contributed by atoms with Crippen molar-refractivity contribution >= 4 is 5.91 Å². The summed E-state index contributed by atoms with van der Waals surface area (Å²) in [7, 11) is 1.66. The van der Waals surface area contributed by atoms with Crippen molar-refractivity contribution in [2.24, 2.45) is 0 Å². The van der Waals surface area contributed by atoms with Gasteiger partial charge in [0.25, 0.3) is 0 Å². The number of hydrogen-bond donors (Lipinski definition) is 1. The van der Waals surface area contributed by atoms with Gasteiger partial charge in [-0.05, 0) is 43.9 Å². The van der Waals surface area contributed by atoms with E-state index in [-0.39, 0.29) is 11.9 Å². The molecule has 1 aromatic carbocycles. The van der Waals surface area contributed by atoms with E-state index in [1.807, 2.05) is 36.7 Å². The van der Waals surface area contributed by atoms with Crippen molar-refractivity contribution in [3.05, 3.63) is 41.5 Å². The van der Waals surface area contributed by atoms with Gasteiger partial charge < -0.3 is 10.1 Å². The van der Waals surface area contributed by atoms with Crippen LogP contribution in [-0.4, -0.2) is 27.8 Å². The van der Waals surface area contributed by atoms with Gasteiger partial charge in [-0.25, -0.2) is 9.67 Å². The van der Waals surface area contributed by atoms with E-state index in [1.165, 1.54) is 6.33 Å². The topological polar surface area (TPSA) is 69.0 Å². The number of nitrogens with zero attached hydrogens (tertiary/aromatic N) is 3. The van der Waals surface area contributed by atoms with E-state index in [1.54, 1.807) is 7.11 Å². The molecule has 0 bridgehead atoms. The minimum absolute atomic E-state index is 0.00749. The summed E-state index contributed by atoms with van der Waals surface area (Å²) in [6.45, 7) is 6.83. The highest BCUT2D eigenvalue weighted by Gasteiger charge is 2.15. The van der Waals surface area contributed by atoms with Crippen LogP contribution in [0, 0.1) is 6.92 Å². The molecule has 2 aromatic rings. The van der Waals surface area contributed by atoms with Gasteiger partial charge >= 0.3 is 0 Å². The summed E-state index contributed by atoms with van der Waals surface area (Å²) in [6, 6.07) is 5.89. The molecule has 0 aliphatic heterocycles. The molecule has 0 fully saturated rings. The highest BCUT2D eigenvalue weighted by molar-refractivity contribution is 5.76. The maximum absolute atomic E-state index is 12.2. The maximum Gasteiger partial charge on any atom is 0.220 e. The first-order valence-corrected chi connectivity index (χ1v) is 8.35. The third-order valence-electron chi connectivity index (χ3n) is 3.96. The second kappa shape index (κ2) is 8.47. The fourth-order valence-corrected chi connectivity index (χ4v) is 2.65. The molecule has 1 aromatic heterocycles. The average molecular weight is 330 g/mol. The molecule has 130 valence electrons. The van der Waals surface area contributed by atoms with Crippen molar-refractivity contribution in [3.8, 4) is 5.75 Å². The summed E-state index contributed by atoms with van der Waals surface area (Å²) in [5, 5.41) is 7.19. The van der Waals surface area contributed by atoms with Gasteiger partial charge in [-0.2, -0.15) is 5.10 Å². The number of carbonyl (C=O) groups is 1. The van der Waals surface area contributed by atoms with Crippen LogP contribution in [0.15, 0.2) is 24.5 Å². The first-order valence-electron chi connectivity index (χ1n) is 8.35. The zero-order valence-corrected chi connectivity index (χ0v) is 14.9. The van der Waals surface area contributed by atoms with E-state index in [4.69, 9.17) is 4.74 Å². The summed E-state index contributed by atoms with van der Waals surface area (Å²) >= 11 is 0. The number of aromatic nitrogens is 3. The summed E-state index contributed by atoms with van der Waals surface area (Å²) in [5.74, 6) is 1.66. The molecule has 1 N–H and O–H groups in total. The van der Waals surface area contributed by atoms with Crippen LogP contribution in [0.25, 0.3) is 0 Å². The number of amides is 1. The van der Waals surface area contributed by atoms with Crippen LogP contribution in [0.4, 0.5) is 0 Å². The van der Waals surface area contributed by atoms with Gasteiger partial charge in [0.2, 0.25) is 5.91 Å². The van der Waals surface area contributed by atoms with E-state index in [9.17, 15) is 4.79 Å². The molecular formula is C18H26N4O2. The van der Waals surface area contributed by atoms with Crippen LogP contribution in [0.5, 0.6) is 5.75 Å². The van der Waals surface area contributed by atoms with Gasteiger partial charge in [-0.3, -0.25) is 4.79 Å². The summed E-state index contributed by atoms with van der Waals surface area (Å²) in [5.41, 5.74) is 2.18. The lowest BCUT2D eigenvalue weighted by Gasteiger charge is -2.14. The Morgan fingerprint density at radius 2 is 2.21 bits per heavy atom. The second-order valence-electron chi connectivity index (χ2n) is 5.93. The lowest BCUT2D eigenvalue weighted by atomic mass is 10.1. The van der Waals surface area contributed by atoms with E-state index in [0.717, 1.165) is 35.7 Å². The van der Waals surface area contributed by atoms with Crippen molar-refractivity contribution in [3.63, 3.8) is 0 Å². The van der Waals surface area contributed by atoms with Crippen molar-refractivity contribution in [2.45, 2.75) is 52.6 Å². The Hall–Kier alpha value is -2.37. The van der Waals surface area contributed by atoms with Crippen molar-refractivity contribution in [1.29, 1.82) is 0 Å². The van der Waals surface area contributed by atoms with Crippen molar-refractivity contribution in [2.75, 3.05) is 7.11 Å². The lowest BCUT2D eigenvalue weighted by molar-refractivity contribution is -0.121. The first-order chi connectivity index (χ1) is 11.5. The SMILES string of the molecule is CCCn1ncnc1C(C)NC(=O)CCc1ccc(C)c(OC)c1. The van der Waals surface area contributed by atoms with Crippen LogP contribution >= 0.6 is 0 Å². The molecule has 1 amide bonds. The van der Waals surface area contributed by atoms with Gasteiger partial charge in [0.15, 0.2) is 0 Å². The number of aryl methyl sites for hydroxylation is 3. The molecule has 0 saturated heterocycles. The quantitative estimate of drug-likeness (QED) is 0.808. The molecule has 0 spiro atoms. The van der Waals surface area contributed by atoms with Gasteiger partial charge in [-0.15, -0.1) is 0 Å². The number of carbonyl (C=O) groups excluding carboxylic acids is 1. The molecule has 0 radical (unpaired) electrons. The molecule has 0 saturated carbocycles. The predicted molar refractivity (Wildman–Crippen MR) is 92.9 cm³/mol. The van der Waals surface area contributed by atoms with Gasteiger partial charge in [0.1, 0.15) is 17.9 Å². The maximum atomic E-state index is 12.2. The zero-order chi connectivity index (χ0) is 17.5. The number of rotatable bonds is 8. The molecule has 1 atom stereocenters. The second-order valence-corrected chi connectivity index (χ2v) is 5.93. The molecule has 2 rings (SSSR count). The third-order valence-corrected chi connectivity index (χ3v) is 3.96. The third kappa shape index (κ3) is 4.57. The predicted octanol–water partition coefficient (Wildman–Crippen LogP) is 2.82. The Kier molecular flexibility index (Phi) is 6.35. The van der Waals surface area contributed by atoms with Crippen LogP contribution in [-0.2, 0) is 17.8 Å². The molecule has 6 heteroatoms. The molecule has 0 aliphatic carbocycles. The van der Waals surface area contributed by atoms with Crippen molar-refractivity contribution < 1.29 is 9.53 Å². The van der Waals surface area contributed by atoms with Gasteiger partial charge in [-0.1, -0.05) is 19.1 Å². The summed E-state index contributed by atoms with van der Waals surface area (Å²) < 4.78 is 7.17. The van der Waals surface area contributed by atoms with E-state index >= 15 is 0 Å². The zero-order valence-electron chi connectivity index (χ0n) is 14.9. The molecular weight excluding hydrogens is 304 g/mol. The van der Waals surface area contributed by atoms with Crippen LogP contribution in [0.2, 0.25) is 0 Å². The Morgan fingerprint density at radius 3 is 2.92 bits per heavy atom. The molecule has 6 nitrogen and oxygen atoms in total. The number of hydrogen-bond acceptors (Lipinski definition) is 4. The molecule has 24 heavy (non-hydrogen) atoms. The Morgan fingerprint density at radius 1 is 1.42 bits per heavy atom. The first kappa shape index (κ1) is 18.0. The van der Waals surface area contributed by atoms with Crippen LogP contribution in [0.3, 0.4) is 0 Å². The molecule has 0 aliphatic rings. The van der Waals surface area contributed by atoms with E-state index in [0.29, 0.717) is 12.8 Å². The van der Waals surface area contributed by atoms with E-state index in [2.05, 4.69) is 22.3 Å². The largest absolute Gasteiger partial charge is 0.496 e. The number of ether oxygens (including phenoxy) is 1. The molecule has 1 heterocycles. The monoisotopic (exact) mass is 330 g/mol. The molecule has 1 unspecified atom stereocenters. The van der Waals surface area contributed by atoms with Gasteiger partial charge in [0, 0.05) is 13.0 Å². The summed E-state index contributed by atoms with van der Waals surface area (Å²) in [4.78, 5) is 16.5. The lowest BCUT2D eigenvalue weighted by Crippen LogP contribution is -2.29. The normalized spacial score (nSPS) is 12.0. The Bertz CT molecular complexity index is 681. The number of benzene rings is 1. The number of methoxy groups -OCH3 is 1. The summed E-state index contributed by atoms with van der Waals surface area (Å²) in [6.07, 6.45) is 3.62. The van der Waals surface area contributed by atoms with Crippen LogP contribution < -0.4 is 10.1 Å². The van der Waals surface area contributed by atoms with Crippen LogP contribution in [0.1, 0.15) is 49.7 Å². The minimum Gasteiger partial charge on any atom is -0.496 e. The number of nitrogens with one attached hydrogen (secondary N) is 1. The standard InChI is InChI=1S/C18H26N4O2/c1-5-10-22-18(19-12-20-22)14(3)21-17(23)9-8-15-7-6-13(2)16(11-15)24-4/h6-7,11-12,14H,5,8-10H2,1-4H3,(H,21,23). The highest BCUT2D eigenvalue weighted by Crippen LogP contribution is 2.20. The fourth-order valence-electron chi connectivity index (χ4n) is 2.65. The van der Waals surface area contributed by atoms with Crippen molar-refractivity contribution in [1.82, 2.24) is 20.1 Å². The average Bonchev–Trinajstić information content (AvgIpc) is 3.03. The van der Waals surface area contributed by atoms with Gasteiger partial charge in [0.05, 0.1) is 13.2 Å². The van der Waals surface area contributed by atoms with E-state index < -0.39 is 0 Å². The smallest absolute Gasteiger partial charge is 0.220 e. The fraction of sp³-hybridized carbons (Fsp3) is 0.500. The highest BCUT2D eigenvalue weighted by atomic mass is 16.5. The minimum atomic E-state index is -0.154.